The van der Waals surface area contributed by atoms with Gasteiger partial charge in [-0.25, -0.2) is 4.98 Å². The molecule has 0 saturated carbocycles. The molecular formula is C7H11ClN4O. The molecule has 0 radical (unpaired) electrons. The van der Waals surface area contributed by atoms with Crippen molar-refractivity contribution in [2.45, 2.75) is 0 Å². The van der Waals surface area contributed by atoms with E-state index in [0.717, 1.165) is 0 Å². The third-order valence-electron chi connectivity index (χ3n) is 1.23. The van der Waals surface area contributed by atoms with Crippen molar-refractivity contribution in [3.05, 3.63) is 24.3 Å². The van der Waals surface area contributed by atoms with Crippen molar-refractivity contribution >= 4 is 18.3 Å². The molecule has 3 N–H and O–H groups in total. The molecular weight excluding hydrogens is 192 g/mol. The highest BCUT2D eigenvalue weighted by Crippen LogP contribution is 1.88. The van der Waals surface area contributed by atoms with Crippen LogP contribution in [-0.4, -0.2) is 29.0 Å². The number of nitrogens with two attached hydrogens (primary N) is 1. The average molecular weight is 203 g/mol. The highest BCUT2D eigenvalue weighted by molar-refractivity contribution is 5.91. The van der Waals surface area contributed by atoms with Crippen LogP contribution >= 0.6 is 12.4 Å². The van der Waals surface area contributed by atoms with Gasteiger partial charge >= 0.3 is 0 Å². The maximum Gasteiger partial charge on any atom is 0.271 e. The minimum Gasteiger partial charge on any atom is -0.349 e. The Bertz CT molecular complexity index is 254. The lowest BCUT2D eigenvalue weighted by Gasteiger charge is -2.00. The minimum absolute atomic E-state index is 0. The fourth-order valence-corrected chi connectivity index (χ4v) is 0.693. The molecule has 1 amide bonds. The maximum absolute atomic E-state index is 11.1. The number of hydrogen-bond acceptors (Lipinski definition) is 4. The van der Waals surface area contributed by atoms with Crippen molar-refractivity contribution < 1.29 is 4.79 Å². The van der Waals surface area contributed by atoms with E-state index in [1.807, 2.05) is 0 Å². The van der Waals surface area contributed by atoms with Gasteiger partial charge in [0.2, 0.25) is 0 Å². The molecule has 0 spiro atoms. The molecule has 1 aromatic rings. The van der Waals surface area contributed by atoms with Gasteiger partial charge < -0.3 is 11.1 Å². The summed E-state index contributed by atoms with van der Waals surface area (Å²) in [6.45, 7) is 0.876. The number of carbonyl (C=O) groups excluding carboxylic acids is 1. The van der Waals surface area contributed by atoms with E-state index in [1.165, 1.54) is 18.6 Å². The van der Waals surface area contributed by atoms with Crippen LogP contribution in [0.2, 0.25) is 0 Å². The highest BCUT2D eigenvalue weighted by atomic mass is 35.5. The van der Waals surface area contributed by atoms with Gasteiger partial charge in [-0.2, -0.15) is 0 Å². The zero-order valence-electron chi connectivity index (χ0n) is 6.93. The molecule has 0 bridgehead atoms. The van der Waals surface area contributed by atoms with E-state index in [2.05, 4.69) is 15.3 Å². The van der Waals surface area contributed by atoms with Gasteiger partial charge in [-0.1, -0.05) is 0 Å². The molecule has 0 atom stereocenters. The zero-order chi connectivity index (χ0) is 8.81. The van der Waals surface area contributed by atoms with E-state index in [4.69, 9.17) is 5.73 Å². The highest BCUT2D eigenvalue weighted by Gasteiger charge is 2.03. The number of rotatable bonds is 3. The molecule has 1 rings (SSSR count). The van der Waals surface area contributed by atoms with E-state index in [9.17, 15) is 4.79 Å². The van der Waals surface area contributed by atoms with Gasteiger partial charge in [-0.15, -0.1) is 12.4 Å². The monoisotopic (exact) mass is 202 g/mol. The van der Waals surface area contributed by atoms with Crippen LogP contribution < -0.4 is 11.1 Å². The first-order valence-electron chi connectivity index (χ1n) is 3.59. The lowest BCUT2D eigenvalue weighted by molar-refractivity contribution is 0.0949. The van der Waals surface area contributed by atoms with Crippen LogP contribution in [0.25, 0.3) is 0 Å². The van der Waals surface area contributed by atoms with Gasteiger partial charge in [0.05, 0.1) is 6.20 Å². The summed E-state index contributed by atoms with van der Waals surface area (Å²) in [5.41, 5.74) is 5.52. The first kappa shape index (κ1) is 11.8. The summed E-state index contributed by atoms with van der Waals surface area (Å²) in [4.78, 5) is 18.7. The second-order valence-electron chi connectivity index (χ2n) is 2.14. The Balaban J connectivity index is 0.00000144. The Morgan fingerprint density at radius 2 is 2.31 bits per heavy atom. The van der Waals surface area contributed by atoms with Gasteiger partial charge in [-0.3, -0.25) is 9.78 Å². The van der Waals surface area contributed by atoms with Crippen LogP contribution in [-0.2, 0) is 0 Å². The largest absolute Gasteiger partial charge is 0.349 e. The number of amides is 1. The zero-order valence-corrected chi connectivity index (χ0v) is 7.75. The summed E-state index contributed by atoms with van der Waals surface area (Å²) in [6.07, 6.45) is 4.39. The molecule has 0 aliphatic heterocycles. The van der Waals surface area contributed by atoms with Gasteiger partial charge in [0, 0.05) is 25.5 Å². The number of nitrogens with zero attached hydrogens (tertiary/aromatic N) is 2. The number of nitrogens with one attached hydrogen (secondary N) is 1. The van der Waals surface area contributed by atoms with Crippen molar-refractivity contribution in [1.82, 2.24) is 15.3 Å². The predicted octanol–water partition coefficient (Wildman–Crippen LogP) is -0.413. The Labute approximate surface area is 82.2 Å². The van der Waals surface area contributed by atoms with Crippen molar-refractivity contribution in [3.63, 3.8) is 0 Å². The van der Waals surface area contributed by atoms with E-state index < -0.39 is 0 Å². The molecule has 0 fully saturated rings. The van der Waals surface area contributed by atoms with Crippen LogP contribution in [0.4, 0.5) is 0 Å². The first-order chi connectivity index (χ1) is 5.84. The smallest absolute Gasteiger partial charge is 0.271 e. The molecule has 0 aromatic carbocycles. The number of carbonyl (C=O) groups is 1. The van der Waals surface area contributed by atoms with Gasteiger partial charge in [-0.05, 0) is 0 Å². The molecule has 5 nitrogen and oxygen atoms in total. The predicted molar refractivity (Wildman–Crippen MR) is 50.7 cm³/mol. The van der Waals surface area contributed by atoms with Crippen molar-refractivity contribution in [1.29, 1.82) is 0 Å². The summed E-state index contributed by atoms with van der Waals surface area (Å²) >= 11 is 0. The second kappa shape index (κ2) is 6.33. The van der Waals surface area contributed by atoms with E-state index >= 15 is 0 Å². The first-order valence-corrected chi connectivity index (χ1v) is 3.59. The Hall–Kier alpha value is -1.20. The topological polar surface area (TPSA) is 80.9 Å². The molecule has 0 saturated heterocycles. The molecule has 72 valence electrons. The summed E-state index contributed by atoms with van der Waals surface area (Å²) in [7, 11) is 0. The third kappa shape index (κ3) is 3.82. The van der Waals surface area contributed by atoms with E-state index in [0.29, 0.717) is 18.8 Å². The fourth-order valence-electron chi connectivity index (χ4n) is 0.693. The lowest BCUT2D eigenvalue weighted by Crippen LogP contribution is -2.29. The van der Waals surface area contributed by atoms with Crippen molar-refractivity contribution in [2.75, 3.05) is 13.1 Å². The quantitative estimate of drug-likeness (QED) is 0.698. The summed E-state index contributed by atoms with van der Waals surface area (Å²) in [5.74, 6) is -0.242. The summed E-state index contributed by atoms with van der Waals surface area (Å²) in [6, 6.07) is 0. The van der Waals surface area contributed by atoms with E-state index in [1.54, 1.807) is 0 Å². The lowest BCUT2D eigenvalue weighted by atomic mass is 10.4. The Kier molecular flexibility index (Phi) is 5.75. The van der Waals surface area contributed by atoms with Crippen LogP contribution in [0.5, 0.6) is 0 Å². The maximum atomic E-state index is 11.1. The van der Waals surface area contributed by atoms with Gasteiger partial charge in [0.25, 0.3) is 5.91 Å². The molecule has 1 aromatic heterocycles. The molecule has 6 heteroatoms. The Morgan fingerprint density at radius 1 is 1.54 bits per heavy atom. The van der Waals surface area contributed by atoms with Crippen LogP contribution in [0.15, 0.2) is 18.6 Å². The third-order valence-corrected chi connectivity index (χ3v) is 1.23. The van der Waals surface area contributed by atoms with Crippen molar-refractivity contribution in [2.24, 2.45) is 5.73 Å². The molecule has 0 aliphatic carbocycles. The second-order valence-corrected chi connectivity index (χ2v) is 2.14. The molecule has 0 aliphatic rings. The van der Waals surface area contributed by atoms with Crippen LogP contribution in [0, 0.1) is 0 Å². The molecule has 13 heavy (non-hydrogen) atoms. The Morgan fingerprint density at radius 3 is 2.85 bits per heavy atom. The number of halogens is 1. The van der Waals surface area contributed by atoms with Crippen molar-refractivity contribution in [3.8, 4) is 0 Å². The minimum atomic E-state index is -0.242. The van der Waals surface area contributed by atoms with Crippen LogP contribution in [0.3, 0.4) is 0 Å². The van der Waals surface area contributed by atoms with Gasteiger partial charge in [0.15, 0.2) is 0 Å². The number of hydrogen-bond donors (Lipinski definition) is 2. The summed E-state index contributed by atoms with van der Waals surface area (Å²) in [5, 5.41) is 2.58. The molecule has 0 unspecified atom stereocenters. The SMILES string of the molecule is Cl.NCCNC(=O)c1cnccn1. The van der Waals surface area contributed by atoms with Crippen LogP contribution in [0.1, 0.15) is 10.5 Å². The average Bonchev–Trinajstić information content (AvgIpc) is 2.15. The fraction of sp³-hybridized carbons (Fsp3) is 0.286. The molecule has 1 heterocycles. The van der Waals surface area contributed by atoms with E-state index in [-0.39, 0.29) is 18.3 Å². The number of aromatic nitrogens is 2. The normalized spacial score (nSPS) is 8.69. The summed E-state index contributed by atoms with van der Waals surface area (Å²) < 4.78 is 0. The standard InChI is InChI=1S/C7H10N4O.ClH/c8-1-2-11-7(12)6-5-9-3-4-10-6;/h3-5H,1-2,8H2,(H,11,12);1H. The van der Waals surface area contributed by atoms with Gasteiger partial charge in [0.1, 0.15) is 5.69 Å².